The van der Waals surface area contributed by atoms with Crippen molar-refractivity contribution in [2.45, 2.75) is 4.90 Å². The van der Waals surface area contributed by atoms with Crippen LogP contribution in [0, 0.1) is 5.82 Å². The molecule has 0 aromatic heterocycles. The minimum absolute atomic E-state index is 0.205. The molecular weight excluding hydrogens is 279 g/mol. The van der Waals surface area contributed by atoms with Crippen LogP contribution in [0.1, 0.15) is 0 Å². The summed E-state index contributed by atoms with van der Waals surface area (Å²) in [5.41, 5.74) is 0. The van der Waals surface area contributed by atoms with E-state index in [1.165, 1.54) is 12.1 Å². The zero-order valence-corrected chi connectivity index (χ0v) is 11.9. The zero-order chi connectivity index (χ0) is 14.4. The number of benzene rings is 2. The van der Waals surface area contributed by atoms with Crippen LogP contribution in [0.25, 0.3) is 0 Å². The lowest BCUT2D eigenvalue weighted by Gasteiger charge is -2.10. The minimum Gasteiger partial charge on any atom is -0.493 e. The molecule has 5 heteroatoms. The van der Waals surface area contributed by atoms with Gasteiger partial charge in [-0.3, -0.25) is 4.21 Å². The Morgan fingerprint density at radius 1 is 1.05 bits per heavy atom. The van der Waals surface area contributed by atoms with E-state index < -0.39 is 16.6 Å². The molecule has 0 bridgehead atoms. The van der Waals surface area contributed by atoms with Crippen molar-refractivity contribution in [2.75, 3.05) is 19.5 Å². The van der Waals surface area contributed by atoms with Crippen molar-refractivity contribution in [3.05, 3.63) is 54.3 Å². The van der Waals surface area contributed by atoms with Gasteiger partial charge in [0.25, 0.3) is 0 Å². The maximum atomic E-state index is 13.5. The smallest absolute Gasteiger partial charge is 0.161 e. The van der Waals surface area contributed by atoms with Crippen molar-refractivity contribution >= 4 is 10.8 Å². The molecule has 0 spiro atoms. The first-order chi connectivity index (χ1) is 9.72. The van der Waals surface area contributed by atoms with Gasteiger partial charge in [0.15, 0.2) is 11.5 Å². The average Bonchev–Trinajstić information content (AvgIpc) is 2.48. The summed E-state index contributed by atoms with van der Waals surface area (Å²) in [5.74, 6) is 0.965. The predicted molar refractivity (Wildman–Crippen MR) is 76.2 cm³/mol. The van der Waals surface area contributed by atoms with Crippen LogP contribution in [0.2, 0.25) is 0 Å². The maximum Gasteiger partial charge on any atom is 0.161 e. The van der Waals surface area contributed by atoms with Crippen LogP contribution in [-0.2, 0) is 10.8 Å². The second-order valence-electron chi connectivity index (χ2n) is 3.98. The molecule has 0 aliphatic rings. The summed E-state index contributed by atoms with van der Waals surface area (Å²) in [6, 6.07) is 13.3. The van der Waals surface area contributed by atoms with Gasteiger partial charge in [0.05, 0.1) is 28.6 Å². The molecular formula is C15H15FO3S. The van der Waals surface area contributed by atoms with E-state index in [0.29, 0.717) is 11.5 Å². The van der Waals surface area contributed by atoms with Crippen molar-refractivity contribution in [1.82, 2.24) is 0 Å². The minimum atomic E-state index is -1.42. The van der Waals surface area contributed by atoms with Crippen LogP contribution in [-0.4, -0.2) is 23.7 Å². The summed E-state index contributed by atoms with van der Waals surface area (Å²) >= 11 is 0. The van der Waals surface area contributed by atoms with E-state index in [1.807, 2.05) is 12.1 Å². The topological polar surface area (TPSA) is 35.5 Å². The largest absolute Gasteiger partial charge is 0.493 e. The highest BCUT2D eigenvalue weighted by Gasteiger charge is 2.10. The van der Waals surface area contributed by atoms with Gasteiger partial charge in [-0.1, -0.05) is 24.3 Å². The molecule has 0 fully saturated rings. The lowest BCUT2D eigenvalue weighted by atomic mass is 10.3. The third-order valence-electron chi connectivity index (χ3n) is 2.68. The summed E-state index contributed by atoms with van der Waals surface area (Å²) in [7, 11) is 0.137. The SMILES string of the molecule is COc1ccccc1OCCS(=O)c1ccccc1F. The summed E-state index contributed by atoms with van der Waals surface area (Å²) in [4.78, 5) is 0.205. The van der Waals surface area contributed by atoms with Crippen molar-refractivity contribution in [3.8, 4) is 11.5 Å². The Balaban J connectivity index is 1.93. The number of halogens is 1. The third-order valence-corrected chi connectivity index (χ3v) is 4.04. The van der Waals surface area contributed by atoms with Crippen LogP contribution in [0.4, 0.5) is 4.39 Å². The van der Waals surface area contributed by atoms with Crippen molar-refractivity contribution in [3.63, 3.8) is 0 Å². The molecule has 2 aromatic rings. The Bertz CT molecular complexity index is 601. The molecule has 1 atom stereocenters. The molecule has 20 heavy (non-hydrogen) atoms. The molecule has 106 valence electrons. The Morgan fingerprint density at radius 3 is 2.40 bits per heavy atom. The Kier molecular flexibility index (Phi) is 5.12. The first-order valence-corrected chi connectivity index (χ1v) is 7.43. The summed E-state index contributed by atoms with van der Waals surface area (Å²) < 4.78 is 36.1. The van der Waals surface area contributed by atoms with Gasteiger partial charge in [-0.05, 0) is 24.3 Å². The van der Waals surface area contributed by atoms with Gasteiger partial charge in [-0.25, -0.2) is 4.39 Å². The van der Waals surface area contributed by atoms with Crippen LogP contribution in [0.15, 0.2) is 53.4 Å². The summed E-state index contributed by atoms with van der Waals surface area (Å²) in [6.45, 7) is 0.224. The van der Waals surface area contributed by atoms with E-state index in [1.54, 1.807) is 31.4 Å². The van der Waals surface area contributed by atoms with Crippen molar-refractivity contribution in [2.24, 2.45) is 0 Å². The molecule has 0 saturated heterocycles. The number of hydrogen-bond donors (Lipinski definition) is 0. The summed E-state index contributed by atoms with van der Waals surface area (Å²) in [6.07, 6.45) is 0. The first kappa shape index (κ1) is 14.5. The van der Waals surface area contributed by atoms with E-state index >= 15 is 0 Å². The molecule has 2 aromatic carbocycles. The van der Waals surface area contributed by atoms with Gasteiger partial charge in [0.2, 0.25) is 0 Å². The lowest BCUT2D eigenvalue weighted by molar-refractivity contribution is 0.312. The number of hydrogen-bond acceptors (Lipinski definition) is 3. The third kappa shape index (κ3) is 3.57. The van der Waals surface area contributed by atoms with E-state index in [9.17, 15) is 8.60 Å². The van der Waals surface area contributed by atoms with Gasteiger partial charge in [0, 0.05) is 0 Å². The molecule has 0 N–H and O–H groups in total. The second kappa shape index (κ2) is 7.05. The van der Waals surface area contributed by atoms with E-state index in [-0.39, 0.29) is 17.3 Å². The lowest BCUT2D eigenvalue weighted by Crippen LogP contribution is -2.10. The molecule has 0 amide bonds. The second-order valence-corrected chi connectivity index (χ2v) is 5.52. The first-order valence-electron chi connectivity index (χ1n) is 6.11. The number of methoxy groups -OCH3 is 1. The van der Waals surface area contributed by atoms with E-state index in [0.717, 1.165) is 0 Å². The monoisotopic (exact) mass is 294 g/mol. The fourth-order valence-corrected chi connectivity index (χ4v) is 2.68. The van der Waals surface area contributed by atoms with Gasteiger partial charge in [0.1, 0.15) is 12.4 Å². The predicted octanol–water partition coefficient (Wildman–Crippen LogP) is 3.02. The Hall–Kier alpha value is -1.88. The van der Waals surface area contributed by atoms with Gasteiger partial charge >= 0.3 is 0 Å². The molecule has 3 nitrogen and oxygen atoms in total. The van der Waals surface area contributed by atoms with E-state index in [2.05, 4.69) is 0 Å². The number of rotatable bonds is 6. The quantitative estimate of drug-likeness (QED) is 0.821. The fraction of sp³-hybridized carbons (Fsp3) is 0.200. The average molecular weight is 294 g/mol. The normalized spacial score (nSPS) is 11.9. The molecule has 1 unspecified atom stereocenters. The van der Waals surface area contributed by atoms with Crippen LogP contribution < -0.4 is 9.47 Å². The molecule has 0 heterocycles. The molecule has 2 rings (SSSR count). The van der Waals surface area contributed by atoms with Crippen LogP contribution in [0.5, 0.6) is 11.5 Å². The van der Waals surface area contributed by atoms with Gasteiger partial charge in [-0.2, -0.15) is 0 Å². The Morgan fingerprint density at radius 2 is 1.70 bits per heavy atom. The molecule has 0 aliphatic heterocycles. The number of ether oxygens (including phenoxy) is 2. The van der Waals surface area contributed by atoms with E-state index in [4.69, 9.17) is 9.47 Å². The molecule has 0 aliphatic carbocycles. The Labute approximate surface area is 119 Å². The zero-order valence-electron chi connectivity index (χ0n) is 11.0. The van der Waals surface area contributed by atoms with Crippen molar-refractivity contribution < 1.29 is 18.1 Å². The standard InChI is InChI=1S/C15H15FO3S/c1-18-13-7-3-4-8-14(13)19-10-11-20(17)15-9-5-2-6-12(15)16/h2-9H,10-11H2,1H3. The maximum absolute atomic E-state index is 13.5. The van der Waals surface area contributed by atoms with Crippen LogP contribution >= 0.6 is 0 Å². The van der Waals surface area contributed by atoms with Gasteiger partial charge < -0.3 is 9.47 Å². The fourth-order valence-electron chi connectivity index (χ4n) is 1.70. The van der Waals surface area contributed by atoms with Gasteiger partial charge in [-0.15, -0.1) is 0 Å². The highest BCUT2D eigenvalue weighted by molar-refractivity contribution is 7.85. The van der Waals surface area contributed by atoms with Crippen molar-refractivity contribution in [1.29, 1.82) is 0 Å². The van der Waals surface area contributed by atoms with Crippen LogP contribution in [0.3, 0.4) is 0 Å². The molecule has 0 radical (unpaired) electrons. The summed E-state index contributed by atoms with van der Waals surface area (Å²) in [5, 5.41) is 0. The molecule has 0 saturated carbocycles. The number of para-hydroxylation sites is 2. The highest BCUT2D eigenvalue weighted by atomic mass is 32.2. The highest BCUT2D eigenvalue weighted by Crippen LogP contribution is 2.25.